The van der Waals surface area contributed by atoms with Crippen molar-refractivity contribution in [2.24, 2.45) is 0 Å². The molecule has 2 aromatic rings. The summed E-state index contributed by atoms with van der Waals surface area (Å²) in [6, 6.07) is 10.2. The highest BCUT2D eigenvalue weighted by Gasteiger charge is 2.17. The molecule has 25 heavy (non-hydrogen) atoms. The van der Waals surface area contributed by atoms with E-state index in [1.165, 1.54) is 14.2 Å². The molecule has 0 atom stereocenters. The van der Waals surface area contributed by atoms with Crippen molar-refractivity contribution < 1.29 is 19.0 Å². The fourth-order valence-electron chi connectivity index (χ4n) is 2.25. The van der Waals surface area contributed by atoms with E-state index < -0.39 is 0 Å². The molecule has 6 heteroatoms. The van der Waals surface area contributed by atoms with Gasteiger partial charge in [-0.1, -0.05) is 17.7 Å². The maximum Gasteiger partial charge on any atom is 0.208 e. The number of Topliss-reactive ketones (excluding diaryl/α,β-unsaturated/α-hetero) is 1. The third-order valence-corrected chi connectivity index (χ3v) is 3.78. The molecule has 5 nitrogen and oxygen atoms in total. The van der Waals surface area contributed by atoms with Gasteiger partial charge >= 0.3 is 0 Å². The number of rotatable bonds is 7. The number of carbonyl (C=O) groups is 1. The van der Waals surface area contributed by atoms with Gasteiger partial charge < -0.3 is 19.9 Å². The zero-order valence-electron chi connectivity index (χ0n) is 14.3. The molecule has 0 fully saturated rings. The first-order valence-corrected chi connectivity index (χ1v) is 8.04. The molecule has 0 radical (unpaired) electrons. The molecule has 0 unspecified atom stereocenters. The maximum absolute atomic E-state index is 12.7. The predicted molar refractivity (Wildman–Crippen MR) is 99.7 cm³/mol. The Morgan fingerprint density at radius 2 is 1.88 bits per heavy atom. The third-order valence-electron chi connectivity index (χ3n) is 3.50. The van der Waals surface area contributed by atoms with E-state index in [-0.39, 0.29) is 10.8 Å². The van der Waals surface area contributed by atoms with Gasteiger partial charge in [-0.05, 0) is 48.9 Å². The van der Waals surface area contributed by atoms with Crippen LogP contribution in [0, 0.1) is 0 Å². The second-order valence-electron chi connectivity index (χ2n) is 5.12. The van der Waals surface area contributed by atoms with Gasteiger partial charge in [-0.25, -0.2) is 0 Å². The standard InChI is InChI=1S/C19H20ClNO4/c1-4-25-18-10-12(5-7-16(18)21)9-15(20)19(22)14-11-13(23-2)6-8-17(14)24-3/h5-11H,4,21H2,1-3H3. The zero-order valence-corrected chi connectivity index (χ0v) is 15.1. The highest BCUT2D eigenvalue weighted by molar-refractivity contribution is 6.47. The van der Waals surface area contributed by atoms with Gasteiger partial charge in [0.25, 0.3) is 0 Å². The number of methoxy groups -OCH3 is 2. The summed E-state index contributed by atoms with van der Waals surface area (Å²) in [6.45, 7) is 2.36. The van der Waals surface area contributed by atoms with E-state index in [2.05, 4.69) is 0 Å². The van der Waals surface area contributed by atoms with Crippen molar-refractivity contribution in [3.8, 4) is 17.2 Å². The molecular weight excluding hydrogens is 342 g/mol. The summed E-state index contributed by atoms with van der Waals surface area (Å²) in [5, 5.41) is 0.0405. The van der Waals surface area contributed by atoms with Crippen molar-refractivity contribution in [1.82, 2.24) is 0 Å². The number of hydrogen-bond donors (Lipinski definition) is 1. The molecule has 132 valence electrons. The Morgan fingerprint density at radius 1 is 1.12 bits per heavy atom. The maximum atomic E-state index is 12.7. The summed E-state index contributed by atoms with van der Waals surface area (Å²) >= 11 is 6.24. The third kappa shape index (κ3) is 4.45. The number of hydrogen-bond acceptors (Lipinski definition) is 5. The summed E-state index contributed by atoms with van der Waals surface area (Å²) in [5.41, 5.74) is 7.40. The highest BCUT2D eigenvalue weighted by atomic mass is 35.5. The van der Waals surface area contributed by atoms with Gasteiger partial charge in [0.2, 0.25) is 5.78 Å². The minimum atomic E-state index is -0.368. The summed E-state index contributed by atoms with van der Waals surface area (Å²) in [4.78, 5) is 12.7. The Balaban J connectivity index is 2.37. The number of ether oxygens (including phenoxy) is 3. The number of halogens is 1. The van der Waals surface area contributed by atoms with Crippen LogP contribution in [-0.2, 0) is 0 Å². The van der Waals surface area contributed by atoms with Gasteiger partial charge in [-0.3, -0.25) is 4.79 Å². The van der Waals surface area contributed by atoms with Crippen LogP contribution in [0.5, 0.6) is 17.2 Å². The summed E-state index contributed by atoms with van der Waals surface area (Å²) in [7, 11) is 3.02. The smallest absolute Gasteiger partial charge is 0.208 e. The number of anilines is 1. The van der Waals surface area contributed by atoms with Crippen LogP contribution >= 0.6 is 11.6 Å². The molecule has 2 rings (SSSR count). The Bertz CT molecular complexity index is 802. The number of ketones is 1. The van der Waals surface area contributed by atoms with Gasteiger partial charge in [-0.15, -0.1) is 0 Å². The molecule has 0 aliphatic carbocycles. The highest BCUT2D eigenvalue weighted by Crippen LogP contribution is 2.29. The predicted octanol–water partition coefficient (Wildman–Crippen LogP) is 4.15. The minimum absolute atomic E-state index is 0.0405. The monoisotopic (exact) mass is 361 g/mol. The summed E-state index contributed by atoms with van der Waals surface area (Å²) in [5.74, 6) is 1.14. The number of allylic oxidation sites excluding steroid dienone is 1. The molecule has 0 spiro atoms. The molecule has 2 aromatic carbocycles. The van der Waals surface area contributed by atoms with E-state index >= 15 is 0 Å². The van der Waals surface area contributed by atoms with Crippen LogP contribution in [0.25, 0.3) is 6.08 Å². The van der Waals surface area contributed by atoms with Gasteiger partial charge in [0.1, 0.15) is 17.2 Å². The number of carbonyl (C=O) groups excluding carboxylic acids is 1. The van der Waals surface area contributed by atoms with Crippen LogP contribution in [0.4, 0.5) is 5.69 Å². The largest absolute Gasteiger partial charge is 0.497 e. The Morgan fingerprint density at radius 3 is 2.52 bits per heavy atom. The average molecular weight is 362 g/mol. The van der Waals surface area contributed by atoms with E-state index in [4.69, 9.17) is 31.5 Å². The normalized spacial score (nSPS) is 11.1. The summed E-state index contributed by atoms with van der Waals surface area (Å²) < 4.78 is 15.8. The lowest BCUT2D eigenvalue weighted by atomic mass is 10.1. The number of nitrogen functional groups attached to an aromatic ring is 1. The zero-order chi connectivity index (χ0) is 18.4. The Kier molecular flexibility index (Phi) is 6.31. The number of nitrogens with two attached hydrogens (primary N) is 1. The van der Waals surface area contributed by atoms with Crippen molar-refractivity contribution in [1.29, 1.82) is 0 Å². The van der Waals surface area contributed by atoms with Crippen molar-refractivity contribution in [2.75, 3.05) is 26.6 Å². The number of benzene rings is 2. The van der Waals surface area contributed by atoms with Crippen molar-refractivity contribution in [2.45, 2.75) is 6.92 Å². The minimum Gasteiger partial charge on any atom is -0.497 e. The van der Waals surface area contributed by atoms with Gasteiger partial charge in [-0.2, -0.15) is 0 Å². The van der Waals surface area contributed by atoms with Gasteiger partial charge in [0.05, 0.1) is 37.1 Å². The molecule has 0 aliphatic rings. The first kappa shape index (κ1) is 18.7. The van der Waals surface area contributed by atoms with Gasteiger partial charge in [0.15, 0.2) is 0 Å². The van der Waals surface area contributed by atoms with Crippen LogP contribution in [0.1, 0.15) is 22.8 Å². The molecule has 0 bridgehead atoms. The van der Waals surface area contributed by atoms with Crippen LogP contribution < -0.4 is 19.9 Å². The van der Waals surface area contributed by atoms with Gasteiger partial charge in [0, 0.05) is 0 Å². The fraction of sp³-hybridized carbons (Fsp3) is 0.211. The lowest BCUT2D eigenvalue weighted by molar-refractivity contribution is 0.104. The first-order chi connectivity index (χ1) is 12.0. The topological polar surface area (TPSA) is 70.8 Å². The van der Waals surface area contributed by atoms with E-state index in [9.17, 15) is 4.79 Å². The molecule has 0 aliphatic heterocycles. The second-order valence-corrected chi connectivity index (χ2v) is 5.53. The van der Waals surface area contributed by atoms with Crippen molar-refractivity contribution >= 4 is 29.1 Å². The summed E-state index contributed by atoms with van der Waals surface area (Å²) in [6.07, 6.45) is 1.56. The van der Waals surface area contributed by atoms with Crippen LogP contribution in [0.15, 0.2) is 41.4 Å². The van der Waals surface area contributed by atoms with Crippen LogP contribution in [-0.4, -0.2) is 26.6 Å². The van der Waals surface area contributed by atoms with E-state index in [1.807, 2.05) is 6.92 Å². The van der Waals surface area contributed by atoms with E-state index in [0.29, 0.717) is 40.7 Å². The molecule has 0 saturated heterocycles. The van der Waals surface area contributed by atoms with E-state index in [0.717, 1.165) is 0 Å². The second kappa shape index (κ2) is 8.44. The Hall–Kier alpha value is -2.66. The molecule has 0 aromatic heterocycles. The lowest BCUT2D eigenvalue weighted by Crippen LogP contribution is -2.03. The molecule has 0 amide bonds. The quantitative estimate of drug-likeness (QED) is 0.455. The van der Waals surface area contributed by atoms with E-state index in [1.54, 1.807) is 42.5 Å². The SMILES string of the molecule is CCOc1cc(C=C(Cl)C(=O)c2cc(OC)ccc2OC)ccc1N. The molecule has 0 heterocycles. The molecule has 2 N–H and O–H groups in total. The van der Waals surface area contributed by atoms with Crippen LogP contribution in [0.2, 0.25) is 0 Å². The molecule has 0 saturated carbocycles. The van der Waals surface area contributed by atoms with Crippen LogP contribution in [0.3, 0.4) is 0 Å². The van der Waals surface area contributed by atoms with Crippen molar-refractivity contribution in [3.05, 3.63) is 52.6 Å². The van der Waals surface area contributed by atoms with Crippen molar-refractivity contribution in [3.63, 3.8) is 0 Å². The Labute approximate surface area is 151 Å². The molecular formula is C19H20ClNO4. The average Bonchev–Trinajstić information content (AvgIpc) is 2.63. The fourth-order valence-corrected chi connectivity index (χ4v) is 2.48. The lowest BCUT2D eigenvalue weighted by Gasteiger charge is -2.10. The first-order valence-electron chi connectivity index (χ1n) is 7.66.